The highest BCUT2D eigenvalue weighted by Crippen LogP contribution is 2.13. The van der Waals surface area contributed by atoms with Gasteiger partial charge in [0.25, 0.3) is 0 Å². The number of nitrogen functional groups attached to an aromatic ring is 1. The summed E-state index contributed by atoms with van der Waals surface area (Å²) in [6.45, 7) is 0. The highest BCUT2D eigenvalue weighted by molar-refractivity contribution is 7.90. The number of hydrogen-bond donors (Lipinski definition) is 1. The Balaban J connectivity index is 2.45. The lowest BCUT2D eigenvalue weighted by molar-refractivity contribution is 0.602. The molecule has 0 spiro atoms. The van der Waals surface area contributed by atoms with Crippen LogP contribution in [0.3, 0.4) is 0 Å². The smallest absolute Gasteiger partial charge is 0.245 e. The van der Waals surface area contributed by atoms with Gasteiger partial charge < -0.3 is 5.73 Å². The lowest BCUT2D eigenvalue weighted by Gasteiger charge is -2.02. The number of sulfone groups is 1. The van der Waals surface area contributed by atoms with Crippen LogP contribution in [0.1, 0.15) is 0 Å². The number of nitrogens with two attached hydrogens (primary N) is 1. The van der Waals surface area contributed by atoms with Crippen LogP contribution in [0.5, 0.6) is 0 Å². The minimum Gasteiger partial charge on any atom is -0.366 e. The van der Waals surface area contributed by atoms with E-state index in [4.69, 9.17) is 5.73 Å². The molecule has 0 aliphatic carbocycles. The molecule has 2 N–H and O–H groups in total. The first kappa shape index (κ1) is 10.6. The molecular weight excluding hydrogens is 230 g/mol. The van der Waals surface area contributed by atoms with Gasteiger partial charge >= 0.3 is 0 Å². The predicted octanol–water partition coefficient (Wildman–Crippen LogP) is -0.352. The first-order valence-corrected chi connectivity index (χ1v) is 6.22. The molecule has 0 unspecified atom stereocenters. The normalized spacial score (nSPS) is 11.6. The molecule has 1 heterocycles. The second-order valence-electron chi connectivity index (χ2n) is 3.21. The van der Waals surface area contributed by atoms with Crippen molar-refractivity contribution in [1.29, 1.82) is 0 Å². The molecule has 0 radical (unpaired) electrons. The summed E-state index contributed by atoms with van der Waals surface area (Å²) in [7, 11) is -3.19. The average Bonchev–Trinajstić information content (AvgIpc) is 2.63. The molecule has 7 nitrogen and oxygen atoms in total. The Kier molecular flexibility index (Phi) is 2.35. The quantitative estimate of drug-likeness (QED) is 0.768. The molecule has 8 heteroatoms. The van der Waals surface area contributed by atoms with Crippen LogP contribution in [-0.4, -0.2) is 34.9 Å². The highest BCUT2D eigenvalue weighted by Gasteiger charge is 2.08. The van der Waals surface area contributed by atoms with Gasteiger partial charge in [-0.25, -0.2) is 8.42 Å². The maximum Gasteiger partial charge on any atom is 0.245 e. The van der Waals surface area contributed by atoms with Crippen molar-refractivity contribution in [3.63, 3.8) is 0 Å². The third-order valence-corrected chi connectivity index (χ3v) is 3.13. The number of anilines is 1. The molecule has 0 aliphatic rings. The topological polar surface area (TPSA) is 104 Å². The first-order valence-electron chi connectivity index (χ1n) is 4.33. The van der Waals surface area contributed by atoms with Gasteiger partial charge in [-0.05, 0) is 34.7 Å². The van der Waals surface area contributed by atoms with E-state index in [2.05, 4.69) is 15.5 Å². The van der Waals surface area contributed by atoms with Gasteiger partial charge in [0.2, 0.25) is 5.95 Å². The van der Waals surface area contributed by atoms with E-state index in [0.717, 1.165) is 6.26 Å². The van der Waals surface area contributed by atoms with E-state index in [1.807, 2.05) is 0 Å². The standard InChI is InChI=1S/C8H9N5O2S/c1-16(14,15)7-4-2-6(3-5-7)13-8(9)10-11-12-13/h2-5H,1H3,(H2,9,10,12). The van der Waals surface area contributed by atoms with Gasteiger partial charge in [0.05, 0.1) is 10.6 Å². The van der Waals surface area contributed by atoms with Crippen molar-refractivity contribution >= 4 is 15.8 Å². The summed E-state index contributed by atoms with van der Waals surface area (Å²) in [5.41, 5.74) is 6.11. The Hall–Kier alpha value is -1.96. The van der Waals surface area contributed by atoms with E-state index in [1.54, 1.807) is 12.1 Å². The Morgan fingerprint density at radius 3 is 2.31 bits per heavy atom. The van der Waals surface area contributed by atoms with Crippen LogP contribution in [0.2, 0.25) is 0 Å². The van der Waals surface area contributed by atoms with Crippen LogP contribution in [0.25, 0.3) is 5.69 Å². The molecule has 0 aliphatic heterocycles. The lowest BCUT2D eigenvalue weighted by atomic mass is 10.3. The van der Waals surface area contributed by atoms with Gasteiger partial charge in [-0.15, -0.1) is 0 Å². The maximum absolute atomic E-state index is 11.2. The van der Waals surface area contributed by atoms with E-state index in [0.29, 0.717) is 5.69 Å². The van der Waals surface area contributed by atoms with Crippen LogP contribution in [0.15, 0.2) is 29.2 Å². The molecule has 1 aromatic heterocycles. The fraction of sp³-hybridized carbons (Fsp3) is 0.125. The Morgan fingerprint density at radius 1 is 1.25 bits per heavy atom. The summed E-state index contributed by atoms with van der Waals surface area (Å²) in [6.07, 6.45) is 1.15. The maximum atomic E-state index is 11.2. The van der Waals surface area contributed by atoms with E-state index in [1.165, 1.54) is 16.8 Å². The second-order valence-corrected chi connectivity index (χ2v) is 5.23. The van der Waals surface area contributed by atoms with E-state index >= 15 is 0 Å². The zero-order valence-electron chi connectivity index (χ0n) is 8.40. The minimum absolute atomic E-state index is 0.145. The summed E-state index contributed by atoms with van der Waals surface area (Å²) in [4.78, 5) is 0.239. The fourth-order valence-corrected chi connectivity index (χ4v) is 1.84. The van der Waals surface area contributed by atoms with Gasteiger partial charge in [-0.2, -0.15) is 4.68 Å². The molecule has 1 aromatic carbocycles. The van der Waals surface area contributed by atoms with Crippen LogP contribution in [-0.2, 0) is 9.84 Å². The van der Waals surface area contributed by atoms with E-state index < -0.39 is 9.84 Å². The predicted molar refractivity (Wildman–Crippen MR) is 56.7 cm³/mol. The van der Waals surface area contributed by atoms with Crippen molar-refractivity contribution in [1.82, 2.24) is 20.2 Å². The van der Waals surface area contributed by atoms with Crippen molar-refractivity contribution in [3.05, 3.63) is 24.3 Å². The van der Waals surface area contributed by atoms with Crippen molar-refractivity contribution in [2.24, 2.45) is 0 Å². The van der Waals surface area contributed by atoms with Gasteiger partial charge in [0, 0.05) is 6.26 Å². The first-order chi connectivity index (χ1) is 7.48. The van der Waals surface area contributed by atoms with Gasteiger partial charge in [-0.1, -0.05) is 5.10 Å². The molecule has 0 bridgehead atoms. The van der Waals surface area contributed by atoms with E-state index in [9.17, 15) is 8.42 Å². The second kappa shape index (κ2) is 3.56. The SMILES string of the molecule is CS(=O)(=O)c1ccc(-n2nnnc2N)cc1. The summed E-state index contributed by atoms with van der Waals surface area (Å²) < 4.78 is 23.8. The summed E-state index contributed by atoms with van der Waals surface area (Å²) >= 11 is 0. The Bertz CT molecular complexity index is 602. The number of aromatic nitrogens is 4. The van der Waals surface area contributed by atoms with Gasteiger partial charge in [0.1, 0.15) is 0 Å². The zero-order valence-corrected chi connectivity index (χ0v) is 9.22. The van der Waals surface area contributed by atoms with Crippen LogP contribution >= 0.6 is 0 Å². The fourth-order valence-electron chi connectivity index (χ4n) is 1.21. The molecule has 2 aromatic rings. The molecule has 0 atom stereocenters. The third-order valence-electron chi connectivity index (χ3n) is 2.00. The largest absolute Gasteiger partial charge is 0.366 e. The molecule has 0 amide bonds. The molecule has 0 saturated heterocycles. The molecule has 0 fully saturated rings. The van der Waals surface area contributed by atoms with Crippen LogP contribution in [0.4, 0.5) is 5.95 Å². The molecule has 84 valence electrons. The van der Waals surface area contributed by atoms with Crippen molar-refractivity contribution < 1.29 is 8.42 Å². The molecule has 2 rings (SSSR count). The van der Waals surface area contributed by atoms with Gasteiger partial charge in [-0.3, -0.25) is 0 Å². The summed E-state index contributed by atoms with van der Waals surface area (Å²) in [5.74, 6) is 0.145. The monoisotopic (exact) mass is 239 g/mol. The summed E-state index contributed by atoms with van der Waals surface area (Å²) in [5, 5.41) is 10.6. The molecular formula is C8H9N5O2S. The third kappa shape index (κ3) is 1.87. The van der Waals surface area contributed by atoms with Gasteiger partial charge in [0.15, 0.2) is 9.84 Å². The van der Waals surface area contributed by atoms with E-state index in [-0.39, 0.29) is 10.8 Å². The summed E-state index contributed by atoms with van der Waals surface area (Å²) in [6, 6.07) is 6.13. The number of benzene rings is 1. The molecule has 16 heavy (non-hydrogen) atoms. The minimum atomic E-state index is -3.19. The average molecular weight is 239 g/mol. The lowest BCUT2D eigenvalue weighted by Crippen LogP contribution is -2.03. The highest BCUT2D eigenvalue weighted by atomic mass is 32.2. The van der Waals surface area contributed by atoms with Crippen LogP contribution in [0, 0.1) is 0 Å². The van der Waals surface area contributed by atoms with Crippen LogP contribution < -0.4 is 5.73 Å². The number of rotatable bonds is 2. The van der Waals surface area contributed by atoms with Crippen molar-refractivity contribution in [2.45, 2.75) is 4.90 Å². The van der Waals surface area contributed by atoms with Crippen molar-refractivity contribution in [2.75, 3.05) is 12.0 Å². The Morgan fingerprint density at radius 2 is 1.88 bits per heavy atom. The number of tetrazole rings is 1. The number of nitrogens with zero attached hydrogens (tertiary/aromatic N) is 4. The molecule has 0 saturated carbocycles. The Labute approximate surface area is 91.8 Å². The zero-order chi connectivity index (χ0) is 11.8. The van der Waals surface area contributed by atoms with Crippen molar-refractivity contribution in [3.8, 4) is 5.69 Å². The number of hydrogen-bond acceptors (Lipinski definition) is 6.